The third-order valence-electron chi connectivity index (χ3n) is 3.81. The molecular formula is C15H22N2O2S. The fourth-order valence-electron chi connectivity index (χ4n) is 2.42. The summed E-state index contributed by atoms with van der Waals surface area (Å²) in [5.74, 6) is 0.325. The predicted octanol–water partition coefficient (Wildman–Crippen LogP) is 1.86. The number of nitrogens with one attached hydrogen (secondary N) is 2. The number of hydrogen-bond acceptors (Lipinski definition) is 3. The SMILES string of the molecule is CC(CCNC(=O)CC1CNc2ccccc21)S(C)=O. The van der Waals surface area contributed by atoms with E-state index in [9.17, 15) is 9.00 Å². The van der Waals surface area contributed by atoms with Crippen molar-refractivity contribution in [3.8, 4) is 0 Å². The zero-order chi connectivity index (χ0) is 14.5. The molecule has 20 heavy (non-hydrogen) atoms. The summed E-state index contributed by atoms with van der Waals surface area (Å²) in [4.78, 5) is 11.9. The van der Waals surface area contributed by atoms with E-state index < -0.39 is 10.8 Å². The summed E-state index contributed by atoms with van der Waals surface area (Å²) < 4.78 is 11.2. The Labute approximate surface area is 122 Å². The van der Waals surface area contributed by atoms with Crippen LogP contribution in [0.2, 0.25) is 0 Å². The first-order valence-electron chi connectivity index (χ1n) is 6.99. The molecule has 2 rings (SSSR count). The summed E-state index contributed by atoms with van der Waals surface area (Å²) in [5, 5.41) is 6.38. The van der Waals surface area contributed by atoms with Gasteiger partial charge >= 0.3 is 0 Å². The van der Waals surface area contributed by atoms with Crippen molar-refractivity contribution >= 4 is 22.4 Å². The monoisotopic (exact) mass is 294 g/mol. The second kappa shape index (κ2) is 6.88. The zero-order valence-corrected chi connectivity index (χ0v) is 12.8. The lowest BCUT2D eigenvalue weighted by Crippen LogP contribution is -2.28. The molecule has 4 nitrogen and oxygen atoms in total. The van der Waals surface area contributed by atoms with Gasteiger partial charge in [-0.25, -0.2) is 0 Å². The van der Waals surface area contributed by atoms with Crippen molar-refractivity contribution in [3.05, 3.63) is 29.8 Å². The molecule has 0 radical (unpaired) electrons. The van der Waals surface area contributed by atoms with Crippen molar-refractivity contribution < 1.29 is 9.00 Å². The highest BCUT2D eigenvalue weighted by atomic mass is 32.2. The van der Waals surface area contributed by atoms with Crippen LogP contribution in [-0.2, 0) is 15.6 Å². The third kappa shape index (κ3) is 3.82. The van der Waals surface area contributed by atoms with Crippen molar-refractivity contribution in [2.45, 2.75) is 30.9 Å². The lowest BCUT2D eigenvalue weighted by molar-refractivity contribution is -0.121. The number of hydrogen-bond donors (Lipinski definition) is 2. The van der Waals surface area contributed by atoms with Crippen LogP contribution in [0.1, 0.15) is 31.2 Å². The molecule has 110 valence electrons. The van der Waals surface area contributed by atoms with E-state index in [2.05, 4.69) is 16.7 Å². The minimum Gasteiger partial charge on any atom is -0.384 e. The molecule has 1 aromatic carbocycles. The van der Waals surface area contributed by atoms with Crippen LogP contribution in [0.25, 0.3) is 0 Å². The molecule has 5 heteroatoms. The van der Waals surface area contributed by atoms with Gasteiger partial charge in [-0.2, -0.15) is 0 Å². The summed E-state index contributed by atoms with van der Waals surface area (Å²) in [6, 6.07) is 8.14. The molecule has 0 fully saturated rings. The van der Waals surface area contributed by atoms with Gasteiger partial charge in [0.15, 0.2) is 0 Å². The van der Waals surface area contributed by atoms with Gasteiger partial charge in [-0.3, -0.25) is 9.00 Å². The third-order valence-corrected chi connectivity index (χ3v) is 5.18. The minimum absolute atomic E-state index is 0.0718. The van der Waals surface area contributed by atoms with Gasteiger partial charge in [-0.1, -0.05) is 25.1 Å². The Balaban J connectivity index is 1.77. The normalized spacial score (nSPS) is 19.8. The number of para-hydroxylation sites is 1. The lowest BCUT2D eigenvalue weighted by atomic mass is 9.97. The van der Waals surface area contributed by atoms with Crippen molar-refractivity contribution in [1.82, 2.24) is 5.32 Å². The summed E-state index contributed by atoms with van der Waals surface area (Å²) in [5.41, 5.74) is 2.37. The van der Waals surface area contributed by atoms with E-state index in [0.717, 1.165) is 18.7 Å². The van der Waals surface area contributed by atoms with Gasteiger partial charge < -0.3 is 10.6 Å². The minimum atomic E-state index is -0.820. The standard InChI is InChI=1S/C15H22N2O2S/c1-11(20(2)19)7-8-16-15(18)9-12-10-17-14-6-4-3-5-13(12)14/h3-6,11-12,17H,7-10H2,1-2H3,(H,16,18). The Morgan fingerprint density at radius 1 is 1.50 bits per heavy atom. The molecule has 3 atom stereocenters. The van der Waals surface area contributed by atoms with Gasteiger partial charge in [-0.05, 0) is 18.1 Å². The molecule has 3 unspecified atom stereocenters. The number of fused-ring (bicyclic) bond motifs is 1. The largest absolute Gasteiger partial charge is 0.384 e. The highest BCUT2D eigenvalue weighted by molar-refractivity contribution is 7.84. The van der Waals surface area contributed by atoms with Crippen LogP contribution in [-0.4, -0.2) is 34.7 Å². The summed E-state index contributed by atoms with van der Waals surface area (Å²) in [7, 11) is -0.820. The Kier molecular flexibility index (Phi) is 5.17. The van der Waals surface area contributed by atoms with Gasteiger partial charge in [0.2, 0.25) is 5.91 Å². The maximum absolute atomic E-state index is 11.9. The average molecular weight is 294 g/mol. The van der Waals surface area contributed by atoms with E-state index in [1.54, 1.807) is 6.26 Å². The fourth-order valence-corrected chi connectivity index (χ4v) is 2.87. The topological polar surface area (TPSA) is 58.2 Å². The molecule has 0 spiro atoms. The molecule has 1 amide bonds. The number of carbonyl (C=O) groups excluding carboxylic acids is 1. The smallest absolute Gasteiger partial charge is 0.220 e. The van der Waals surface area contributed by atoms with Crippen LogP contribution in [0.3, 0.4) is 0 Å². The first-order chi connectivity index (χ1) is 9.58. The van der Waals surface area contributed by atoms with E-state index >= 15 is 0 Å². The van der Waals surface area contributed by atoms with Crippen LogP contribution in [0.5, 0.6) is 0 Å². The lowest BCUT2D eigenvalue weighted by Gasteiger charge is -2.12. The summed E-state index contributed by atoms with van der Waals surface area (Å²) in [6.45, 7) is 3.36. The quantitative estimate of drug-likeness (QED) is 0.842. The van der Waals surface area contributed by atoms with Gasteiger partial charge in [0, 0.05) is 53.4 Å². The van der Waals surface area contributed by atoms with E-state index in [1.165, 1.54) is 5.56 Å². The number of carbonyl (C=O) groups is 1. The van der Waals surface area contributed by atoms with Crippen LogP contribution in [0.15, 0.2) is 24.3 Å². The molecule has 0 aliphatic carbocycles. The molecule has 2 N–H and O–H groups in total. The maximum atomic E-state index is 11.9. The second-order valence-corrected chi connectivity index (χ2v) is 7.12. The predicted molar refractivity (Wildman–Crippen MR) is 83.4 cm³/mol. The molecule has 1 aliphatic heterocycles. The molecule has 1 aliphatic rings. The molecule has 1 heterocycles. The van der Waals surface area contributed by atoms with Crippen LogP contribution in [0, 0.1) is 0 Å². The summed E-state index contributed by atoms with van der Waals surface area (Å²) in [6.07, 6.45) is 2.97. The Morgan fingerprint density at radius 2 is 2.25 bits per heavy atom. The van der Waals surface area contributed by atoms with E-state index in [4.69, 9.17) is 0 Å². The Morgan fingerprint density at radius 3 is 3.00 bits per heavy atom. The molecule has 1 aromatic rings. The highest BCUT2D eigenvalue weighted by Gasteiger charge is 2.23. The first kappa shape index (κ1) is 15.0. The zero-order valence-electron chi connectivity index (χ0n) is 12.0. The van der Waals surface area contributed by atoms with Gasteiger partial charge in [0.1, 0.15) is 0 Å². The molecule has 0 saturated heterocycles. The van der Waals surface area contributed by atoms with Gasteiger partial charge in [-0.15, -0.1) is 0 Å². The van der Waals surface area contributed by atoms with Gasteiger partial charge in [0.05, 0.1) is 0 Å². The number of rotatable bonds is 6. The van der Waals surface area contributed by atoms with E-state index in [0.29, 0.717) is 13.0 Å². The fraction of sp³-hybridized carbons (Fsp3) is 0.533. The van der Waals surface area contributed by atoms with E-state index in [-0.39, 0.29) is 17.1 Å². The van der Waals surface area contributed by atoms with E-state index in [1.807, 2.05) is 25.1 Å². The van der Waals surface area contributed by atoms with Crippen molar-refractivity contribution in [3.63, 3.8) is 0 Å². The Hall–Kier alpha value is -1.36. The van der Waals surface area contributed by atoms with Gasteiger partial charge in [0.25, 0.3) is 0 Å². The highest BCUT2D eigenvalue weighted by Crippen LogP contribution is 2.32. The molecule has 0 aromatic heterocycles. The second-order valence-electron chi connectivity index (χ2n) is 5.32. The number of amides is 1. The maximum Gasteiger partial charge on any atom is 0.220 e. The van der Waals surface area contributed by atoms with Crippen LogP contribution < -0.4 is 10.6 Å². The molecular weight excluding hydrogens is 272 g/mol. The number of anilines is 1. The molecule has 0 bridgehead atoms. The Bertz CT molecular complexity index is 504. The van der Waals surface area contributed by atoms with Crippen LogP contribution >= 0.6 is 0 Å². The van der Waals surface area contributed by atoms with Crippen molar-refractivity contribution in [2.75, 3.05) is 24.7 Å². The first-order valence-corrected chi connectivity index (χ1v) is 8.61. The summed E-state index contributed by atoms with van der Waals surface area (Å²) >= 11 is 0. The van der Waals surface area contributed by atoms with Crippen molar-refractivity contribution in [2.24, 2.45) is 0 Å². The molecule has 0 saturated carbocycles. The number of benzene rings is 1. The van der Waals surface area contributed by atoms with Crippen molar-refractivity contribution in [1.29, 1.82) is 0 Å². The average Bonchev–Trinajstić information content (AvgIpc) is 2.82. The van der Waals surface area contributed by atoms with Crippen LogP contribution in [0.4, 0.5) is 5.69 Å².